The van der Waals surface area contributed by atoms with E-state index in [0.29, 0.717) is 22.9 Å². The molecule has 2 aromatic rings. The Bertz CT molecular complexity index is 700. The van der Waals surface area contributed by atoms with Crippen molar-refractivity contribution in [3.05, 3.63) is 57.0 Å². The van der Waals surface area contributed by atoms with Gasteiger partial charge in [-0.3, -0.25) is 4.79 Å². The number of fused-ring (bicyclic) bond motifs is 1. The molecule has 0 spiro atoms. The lowest BCUT2D eigenvalue weighted by molar-refractivity contribution is 0.0921. The highest BCUT2D eigenvalue weighted by Crippen LogP contribution is 2.29. The molecule has 0 saturated heterocycles. The topological polar surface area (TPSA) is 35.5 Å². The zero-order valence-electron chi connectivity index (χ0n) is 11.1. The first-order valence-corrected chi connectivity index (χ1v) is 7.67. The Balaban J connectivity index is 1.69. The van der Waals surface area contributed by atoms with Crippen molar-refractivity contribution in [3.63, 3.8) is 0 Å². The number of hydrogen-bond acceptors (Lipinski definition) is 3. The van der Waals surface area contributed by atoms with Crippen LogP contribution in [0.2, 0.25) is 5.02 Å². The number of ketones is 1. The van der Waals surface area contributed by atoms with Gasteiger partial charge in [0.2, 0.25) is 0 Å². The first-order valence-electron chi connectivity index (χ1n) is 6.50. The lowest BCUT2D eigenvalue weighted by atomic mass is 10.1. The molecule has 108 valence electrons. The maximum Gasteiger partial charge on any atom is 0.200 e. The summed E-state index contributed by atoms with van der Waals surface area (Å²) in [5, 5.41) is 0.610. The van der Waals surface area contributed by atoms with Crippen LogP contribution in [0, 0.1) is 0 Å². The molecule has 21 heavy (non-hydrogen) atoms. The Morgan fingerprint density at radius 2 is 2.14 bits per heavy atom. The fourth-order valence-electron chi connectivity index (χ4n) is 2.18. The van der Waals surface area contributed by atoms with Crippen molar-refractivity contribution in [2.45, 2.75) is 6.42 Å². The monoisotopic (exact) mass is 366 g/mol. The average Bonchev–Trinajstić information content (AvgIpc) is 2.93. The summed E-state index contributed by atoms with van der Waals surface area (Å²) in [6, 6.07) is 10.7. The highest BCUT2D eigenvalue weighted by Gasteiger charge is 2.15. The van der Waals surface area contributed by atoms with Crippen LogP contribution in [0.4, 0.5) is 0 Å². The van der Waals surface area contributed by atoms with E-state index in [9.17, 15) is 4.79 Å². The van der Waals surface area contributed by atoms with Gasteiger partial charge in [-0.05, 0) is 57.9 Å². The molecule has 0 aromatic heterocycles. The smallest absolute Gasteiger partial charge is 0.200 e. The van der Waals surface area contributed by atoms with Gasteiger partial charge in [-0.15, -0.1) is 0 Å². The Hall–Kier alpha value is -1.52. The first kappa shape index (κ1) is 14.4. The van der Waals surface area contributed by atoms with Gasteiger partial charge in [0, 0.05) is 17.0 Å². The van der Waals surface area contributed by atoms with Gasteiger partial charge in [0.05, 0.1) is 11.1 Å². The number of ether oxygens (including phenoxy) is 2. The molecule has 0 fully saturated rings. The molecule has 0 aliphatic carbocycles. The van der Waals surface area contributed by atoms with E-state index >= 15 is 0 Å². The summed E-state index contributed by atoms with van der Waals surface area (Å²) in [7, 11) is 0. The van der Waals surface area contributed by atoms with Crippen molar-refractivity contribution < 1.29 is 14.3 Å². The molecule has 1 aliphatic heterocycles. The second-order valence-corrected chi connectivity index (χ2v) is 6.00. The van der Waals surface area contributed by atoms with Gasteiger partial charge in [0.15, 0.2) is 12.4 Å². The predicted octanol–water partition coefficient (Wildman–Crippen LogP) is 4.30. The third kappa shape index (κ3) is 3.22. The number of rotatable bonds is 4. The van der Waals surface area contributed by atoms with Crippen LogP contribution in [0.5, 0.6) is 11.5 Å². The third-order valence-electron chi connectivity index (χ3n) is 3.26. The number of carbonyl (C=O) groups excluding carboxylic acids is 1. The minimum absolute atomic E-state index is 0.0140. The molecule has 3 nitrogen and oxygen atoms in total. The summed E-state index contributed by atoms with van der Waals surface area (Å²) in [6.07, 6.45) is 0.847. The maximum atomic E-state index is 12.2. The third-order valence-corrected chi connectivity index (χ3v) is 4.12. The molecular formula is C16H12BrClO3. The van der Waals surface area contributed by atoms with Crippen LogP contribution in [0.15, 0.2) is 40.9 Å². The van der Waals surface area contributed by atoms with Crippen molar-refractivity contribution in [1.29, 1.82) is 0 Å². The van der Waals surface area contributed by atoms with Crippen LogP contribution in [0.3, 0.4) is 0 Å². The number of Topliss-reactive ketones (excluding diaryl/α,β-unsaturated/α-hetero) is 1. The van der Waals surface area contributed by atoms with Gasteiger partial charge in [-0.1, -0.05) is 11.6 Å². The predicted molar refractivity (Wildman–Crippen MR) is 84.6 cm³/mol. The van der Waals surface area contributed by atoms with E-state index in [2.05, 4.69) is 15.9 Å². The fraction of sp³-hybridized carbons (Fsp3) is 0.188. The molecule has 0 unspecified atom stereocenters. The summed E-state index contributed by atoms with van der Waals surface area (Å²) >= 11 is 9.22. The van der Waals surface area contributed by atoms with Crippen LogP contribution >= 0.6 is 27.5 Å². The Kier molecular flexibility index (Phi) is 4.17. The number of carbonyl (C=O) groups is 1. The van der Waals surface area contributed by atoms with Crippen molar-refractivity contribution in [2.75, 3.05) is 13.2 Å². The quantitative estimate of drug-likeness (QED) is 0.756. The molecule has 0 bridgehead atoms. The highest BCUT2D eigenvalue weighted by molar-refractivity contribution is 9.10. The van der Waals surface area contributed by atoms with Gasteiger partial charge < -0.3 is 9.47 Å². The van der Waals surface area contributed by atoms with E-state index in [-0.39, 0.29) is 12.4 Å². The lowest BCUT2D eigenvalue weighted by Crippen LogP contribution is -2.12. The highest BCUT2D eigenvalue weighted by atomic mass is 79.9. The number of hydrogen-bond donors (Lipinski definition) is 0. The van der Waals surface area contributed by atoms with Crippen LogP contribution < -0.4 is 9.47 Å². The molecule has 1 aliphatic rings. The number of benzene rings is 2. The molecule has 0 amide bonds. The first-order chi connectivity index (χ1) is 10.1. The van der Waals surface area contributed by atoms with Crippen molar-refractivity contribution in [1.82, 2.24) is 0 Å². The van der Waals surface area contributed by atoms with Gasteiger partial charge >= 0.3 is 0 Å². The summed E-state index contributed by atoms with van der Waals surface area (Å²) in [5.74, 6) is 1.40. The van der Waals surface area contributed by atoms with Crippen molar-refractivity contribution in [2.24, 2.45) is 0 Å². The average molecular weight is 368 g/mol. The van der Waals surface area contributed by atoms with Gasteiger partial charge in [-0.2, -0.15) is 0 Å². The Morgan fingerprint density at radius 3 is 2.95 bits per heavy atom. The van der Waals surface area contributed by atoms with Crippen molar-refractivity contribution in [3.8, 4) is 11.5 Å². The molecule has 0 atom stereocenters. The standard InChI is InChI=1S/C16H12BrClO3/c17-13-8-12(18)2-4-16(13)21-9-14(19)10-1-3-15-11(7-10)5-6-20-15/h1-4,7-8H,5-6,9H2. The molecule has 0 N–H and O–H groups in total. The van der Waals surface area contributed by atoms with E-state index in [0.717, 1.165) is 22.2 Å². The second kappa shape index (κ2) is 6.08. The van der Waals surface area contributed by atoms with Crippen LogP contribution in [0.25, 0.3) is 0 Å². The van der Waals surface area contributed by atoms with E-state index in [1.165, 1.54) is 0 Å². The summed E-state index contributed by atoms with van der Waals surface area (Å²) < 4.78 is 11.7. The Labute approximate surface area is 136 Å². The van der Waals surface area contributed by atoms with Crippen LogP contribution in [-0.2, 0) is 6.42 Å². The second-order valence-electron chi connectivity index (χ2n) is 4.71. The van der Waals surface area contributed by atoms with Gasteiger partial charge in [0.1, 0.15) is 11.5 Å². The van der Waals surface area contributed by atoms with Crippen LogP contribution in [0.1, 0.15) is 15.9 Å². The molecule has 3 rings (SSSR count). The van der Waals surface area contributed by atoms with Crippen molar-refractivity contribution >= 4 is 33.3 Å². The zero-order chi connectivity index (χ0) is 14.8. The molecule has 0 radical (unpaired) electrons. The minimum atomic E-state index is -0.0634. The molecule has 2 aromatic carbocycles. The SMILES string of the molecule is O=C(COc1ccc(Cl)cc1Br)c1ccc2c(c1)CCO2. The van der Waals surface area contributed by atoms with E-state index < -0.39 is 0 Å². The lowest BCUT2D eigenvalue weighted by Gasteiger charge is -2.08. The Morgan fingerprint density at radius 1 is 1.29 bits per heavy atom. The summed E-state index contributed by atoms with van der Waals surface area (Å²) in [6.45, 7) is 0.668. The number of halogens is 2. The largest absolute Gasteiger partial charge is 0.493 e. The van der Waals surface area contributed by atoms with Gasteiger partial charge in [-0.25, -0.2) is 0 Å². The summed E-state index contributed by atoms with van der Waals surface area (Å²) in [4.78, 5) is 12.2. The van der Waals surface area contributed by atoms with E-state index in [1.54, 1.807) is 24.3 Å². The summed E-state index contributed by atoms with van der Waals surface area (Å²) in [5.41, 5.74) is 1.72. The normalized spacial score (nSPS) is 12.7. The van der Waals surface area contributed by atoms with Crippen LogP contribution in [-0.4, -0.2) is 19.0 Å². The maximum absolute atomic E-state index is 12.2. The van der Waals surface area contributed by atoms with E-state index in [4.69, 9.17) is 21.1 Å². The van der Waals surface area contributed by atoms with Gasteiger partial charge in [0.25, 0.3) is 0 Å². The molecule has 5 heteroatoms. The minimum Gasteiger partial charge on any atom is -0.493 e. The fourth-order valence-corrected chi connectivity index (χ4v) is 2.98. The molecular weight excluding hydrogens is 356 g/mol. The molecule has 1 heterocycles. The molecule has 0 saturated carbocycles. The van der Waals surface area contributed by atoms with E-state index in [1.807, 2.05) is 12.1 Å². The zero-order valence-corrected chi connectivity index (χ0v) is 13.4.